The van der Waals surface area contributed by atoms with Crippen LogP contribution in [-0.2, 0) is 42.6 Å². The highest BCUT2D eigenvalue weighted by Crippen LogP contribution is 2.49. The average Bonchev–Trinajstić information content (AvgIpc) is 1.60. The molecule has 41 heteroatoms. The van der Waals surface area contributed by atoms with Gasteiger partial charge in [-0.2, -0.15) is 0 Å². The van der Waals surface area contributed by atoms with Crippen molar-refractivity contribution < 1.29 is 110 Å². The van der Waals surface area contributed by atoms with Crippen molar-refractivity contribution in [3.63, 3.8) is 0 Å². The van der Waals surface area contributed by atoms with Crippen LogP contribution in [0, 0.1) is 11.6 Å². The average molecular weight is 1670 g/mol. The van der Waals surface area contributed by atoms with Gasteiger partial charge in [0.2, 0.25) is 18.9 Å². The second-order valence-corrected chi connectivity index (χ2v) is 27.9. The molecule has 0 bridgehead atoms. The second-order valence-electron chi connectivity index (χ2n) is 27.9. The standard InChI is InChI=1S/C28H25FN6O7.C27H24N6O7.C26H23FN6O7/c1-2-30-28(38)34-23-19-24(32-13-31-23)35(14-33-19)25-21-22(40-18(39-21)12-11-15-7-4-3-5-8-15)27(42-25)41-20-16(26(36)37)9-6-10-17(20)29;34-24(35)16-8-4-5-9-17(16)37-26-20-19(38-25(39-20)14-6-2-1-3-7-14)23(40-26)33-13-30-18-21(28-12-29-22(18)33)32-27(36)31-15-10-11-15;1-2-28-26(36)32-20-16-21(30-11-29-20)33(12-31-16)22-18-19(39-24(38-18)13-7-4-3-5-8-13)25(40-22)37-17-14(23(34)35)9-6-10-15(17)27/h3-14,18,21-22,25,27H,2H2,1H3,(H,36,37)(H2,30,31,32,34,38);1-9,12-13,15,19-20,23,25-26H,10-11H2,(H,34,35)(H2,28,29,31,32,36);3-12,18-19,22,24-25H,2H2,1H3,(H,34,35)(H2,28,29,30,32,36)/b12-11+;;/t18-,21?,22?,25?,27?;19?,20?,23?,25-,26?;18?,19?,22?,24-,25?/m111/s1. The van der Waals surface area contributed by atoms with Crippen LogP contribution in [0.1, 0.15) is 106 Å². The zero-order valence-electron chi connectivity index (χ0n) is 63.9. The summed E-state index contributed by atoms with van der Waals surface area (Å²) in [7, 11) is 0. The predicted molar refractivity (Wildman–Crippen MR) is 417 cm³/mol. The highest BCUT2D eigenvalue weighted by atomic mass is 19.1. The van der Waals surface area contributed by atoms with Gasteiger partial charge in [-0.25, -0.2) is 82.4 Å². The van der Waals surface area contributed by atoms with E-state index in [-0.39, 0.29) is 57.5 Å². The molecule has 0 radical (unpaired) electrons. The number of imidazole rings is 3. The SMILES string of the molecule is CCNC(=O)Nc1ncnc2c1ncn2C1OC(Oc2c(F)cccc2C(=O)O)C2O[C@H](/C=C/c3ccccc3)OC21.CCNC(=O)Nc1ncnc2c1ncn2C1OC(Oc2c(F)cccc2C(=O)O)C2O[C@H](c3ccccc3)OC21.O=C(Nc1ncnc2c1ncn2C1OC(Oc2ccccc2C(=O)O)C2O[C@H](c3ccccc3)OC21)NC1CC1. The van der Waals surface area contributed by atoms with E-state index >= 15 is 0 Å². The molecule has 39 nitrogen and oxygen atoms in total. The lowest BCUT2D eigenvalue weighted by Gasteiger charge is -2.22. The van der Waals surface area contributed by atoms with Gasteiger partial charge in [-0.3, -0.25) is 29.7 Å². The van der Waals surface area contributed by atoms with Crippen molar-refractivity contribution in [1.82, 2.24) is 74.5 Å². The molecule has 12 unspecified atom stereocenters. The lowest BCUT2D eigenvalue weighted by molar-refractivity contribution is -0.190. The minimum absolute atomic E-state index is 0.00867. The zero-order chi connectivity index (χ0) is 84.2. The molecule has 6 aromatic heterocycles. The number of nitrogens with one attached hydrogen (secondary N) is 6. The quantitative estimate of drug-likeness (QED) is 0.0304. The molecule has 7 fully saturated rings. The van der Waals surface area contributed by atoms with Crippen molar-refractivity contribution >= 4 is 93.0 Å². The first kappa shape index (κ1) is 80.3. The third-order valence-corrected chi connectivity index (χ3v) is 19.9. The van der Waals surface area contributed by atoms with Gasteiger partial charge in [0, 0.05) is 30.3 Å². The van der Waals surface area contributed by atoms with Gasteiger partial charge in [-0.15, -0.1) is 0 Å². The third-order valence-electron chi connectivity index (χ3n) is 19.9. The van der Waals surface area contributed by atoms with E-state index < -0.39 is 146 Å². The number of aromatic nitrogens is 12. The van der Waals surface area contributed by atoms with Crippen LogP contribution < -0.4 is 46.1 Å². The molecule has 1 saturated carbocycles. The summed E-state index contributed by atoms with van der Waals surface area (Å²) >= 11 is 0. The van der Waals surface area contributed by atoms with E-state index in [9.17, 15) is 52.9 Å². The summed E-state index contributed by atoms with van der Waals surface area (Å²) in [5.74, 6) is -5.84. The molecular weight excluding hydrogens is 1600 g/mol. The number of hydrogen-bond acceptors (Lipinski definition) is 27. The molecule has 122 heavy (non-hydrogen) atoms. The molecule has 0 spiro atoms. The normalized spacial score (nSPS) is 24.1. The number of para-hydroxylation sites is 3. The van der Waals surface area contributed by atoms with Gasteiger partial charge in [-0.1, -0.05) is 121 Å². The Labute approximate surface area is 687 Å². The van der Waals surface area contributed by atoms with Crippen LogP contribution in [0.5, 0.6) is 17.2 Å². The van der Waals surface area contributed by atoms with Gasteiger partial charge >= 0.3 is 36.0 Å². The van der Waals surface area contributed by atoms with Gasteiger partial charge < -0.3 is 88.1 Å². The number of halogens is 2. The smallest absolute Gasteiger partial charge is 0.339 e. The number of carbonyl (C=O) groups excluding carboxylic acids is 3. The van der Waals surface area contributed by atoms with E-state index in [4.69, 9.17) is 56.8 Å². The molecule has 1 aliphatic carbocycles. The lowest BCUT2D eigenvalue weighted by atomic mass is 10.2. The van der Waals surface area contributed by atoms with Gasteiger partial charge in [0.15, 0.2) is 130 Å². The van der Waals surface area contributed by atoms with E-state index in [0.717, 1.165) is 41.7 Å². The molecule has 6 amide bonds. The van der Waals surface area contributed by atoms with Crippen LogP contribution >= 0.6 is 0 Å². The van der Waals surface area contributed by atoms with Crippen LogP contribution in [0.15, 0.2) is 196 Å². The number of carboxylic acid groups (broad SMARTS) is 3. The van der Waals surface area contributed by atoms with E-state index in [1.165, 1.54) is 68.3 Å². The van der Waals surface area contributed by atoms with E-state index in [1.54, 1.807) is 51.8 Å². The van der Waals surface area contributed by atoms with Crippen molar-refractivity contribution in [2.45, 2.75) is 126 Å². The van der Waals surface area contributed by atoms with Crippen LogP contribution in [0.2, 0.25) is 0 Å². The van der Waals surface area contributed by atoms with Gasteiger partial charge in [0.1, 0.15) is 59.7 Å². The molecule has 626 valence electrons. The van der Waals surface area contributed by atoms with E-state index in [2.05, 4.69) is 76.8 Å². The summed E-state index contributed by atoms with van der Waals surface area (Å²) < 4.78 is 108. The monoisotopic (exact) mass is 1670 g/mol. The van der Waals surface area contributed by atoms with Crippen LogP contribution in [0.25, 0.3) is 39.6 Å². The Balaban J connectivity index is 0.000000130. The number of hydrogen-bond donors (Lipinski definition) is 9. The Morgan fingerprint density at radius 1 is 0.426 bits per heavy atom. The third kappa shape index (κ3) is 16.7. The number of carboxylic acids is 3. The number of ether oxygens (including phenoxy) is 12. The van der Waals surface area contributed by atoms with Crippen LogP contribution in [0.4, 0.5) is 40.6 Å². The zero-order valence-corrected chi connectivity index (χ0v) is 63.9. The number of aromatic carboxylic acids is 3. The van der Waals surface area contributed by atoms with E-state index in [0.29, 0.717) is 41.1 Å². The fraction of sp³-hybridized carbons (Fsp3) is 0.272. The fourth-order valence-corrected chi connectivity index (χ4v) is 14.3. The summed E-state index contributed by atoms with van der Waals surface area (Å²) in [6, 6.07) is 40.5. The number of anilines is 3. The molecule has 7 aliphatic rings. The minimum atomic E-state index is -1.37. The molecule has 12 aromatic rings. The Kier molecular flexibility index (Phi) is 23.0. The largest absolute Gasteiger partial charge is 0.478 e. The molecular formula is C81H72F2N18O21. The topological polar surface area (TPSA) is 477 Å². The van der Waals surface area contributed by atoms with Crippen LogP contribution in [-0.4, -0.2) is 191 Å². The molecule has 6 aromatic carbocycles. The van der Waals surface area contributed by atoms with Crippen LogP contribution in [0.3, 0.4) is 0 Å². The maximum Gasteiger partial charge on any atom is 0.339 e. The molecule has 19 rings (SSSR count). The Morgan fingerprint density at radius 3 is 1.24 bits per heavy atom. The molecule has 9 N–H and O–H groups in total. The maximum atomic E-state index is 14.8. The number of amides is 6. The number of carbonyl (C=O) groups is 6. The first-order valence-corrected chi connectivity index (χ1v) is 38.2. The summed E-state index contributed by atoms with van der Waals surface area (Å²) in [6.07, 6.45) is 0.462. The number of nitrogens with zero attached hydrogens (tertiary/aromatic N) is 12. The van der Waals surface area contributed by atoms with Crippen molar-refractivity contribution in [3.8, 4) is 17.2 Å². The fourth-order valence-electron chi connectivity index (χ4n) is 14.3. The summed E-state index contributed by atoms with van der Waals surface area (Å²) in [5.41, 5.74) is 3.68. The Hall–Kier alpha value is -14.2. The number of urea groups is 3. The number of rotatable bonds is 22. The first-order chi connectivity index (χ1) is 59.4. The molecule has 15 atom stereocenters. The molecule has 12 heterocycles. The molecule has 6 aliphatic heterocycles. The lowest BCUT2D eigenvalue weighted by Crippen LogP contribution is -2.33. The summed E-state index contributed by atoms with van der Waals surface area (Å²) in [6.45, 7) is 4.39. The highest BCUT2D eigenvalue weighted by Gasteiger charge is 2.59. The van der Waals surface area contributed by atoms with Crippen molar-refractivity contribution in [1.29, 1.82) is 0 Å². The number of benzene rings is 6. The summed E-state index contributed by atoms with van der Waals surface area (Å²) in [4.78, 5) is 111. The van der Waals surface area contributed by atoms with Gasteiger partial charge in [-0.05, 0) is 74.7 Å². The van der Waals surface area contributed by atoms with E-state index in [1.807, 2.05) is 97.1 Å². The Morgan fingerprint density at radius 2 is 0.803 bits per heavy atom. The van der Waals surface area contributed by atoms with Gasteiger partial charge in [0.25, 0.3) is 0 Å². The second kappa shape index (κ2) is 35.0. The Bertz CT molecular complexity index is 5920. The maximum absolute atomic E-state index is 14.8. The predicted octanol–water partition coefficient (Wildman–Crippen LogP) is 10.0. The van der Waals surface area contributed by atoms with Crippen molar-refractivity contribution in [2.24, 2.45) is 0 Å². The van der Waals surface area contributed by atoms with Crippen molar-refractivity contribution in [3.05, 3.63) is 241 Å². The van der Waals surface area contributed by atoms with Gasteiger partial charge in [0.05, 0.1) is 19.0 Å². The minimum Gasteiger partial charge on any atom is -0.478 e. The summed E-state index contributed by atoms with van der Waals surface area (Å²) in [5, 5.41) is 44.9. The molecule has 6 saturated heterocycles. The number of fused-ring (bicyclic) bond motifs is 6. The highest BCUT2D eigenvalue weighted by molar-refractivity contribution is 5.98. The van der Waals surface area contributed by atoms with Crippen molar-refractivity contribution in [2.75, 3.05) is 29.0 Å². The first-order valence-electron chi connectivity index (χ1n) is 38.2.